The summed E-state index contributed by atoms with van der Waals surface area (Å²) in [7, 11) is 1.58. The summed E-state index contributed by atoms with van der Waals surface area (Å²) in [5.41, 5.74) is 4.60. The Morgan fingerprint density at radius 1 is 1.33 bits per heavy atom. The molecule has 21 heavy (non-hydrogen) atoms. The minimum absolute atomic E-state index is 0.172. The molecular formula is C15H15BrClFN2O. The molecule has 112 valence electrons. The molecule has 0 aromatic heterocycles. The van der Waals surface area contributed by atoms with Crippen molar-refractivity contribution >= 4 is 27.5 Å². The van der Waals surface area contributed by atoms with Crippen LogP contribution in [0.2, 0.25) is 5.02 Å². The predicted molar refractivity (Wildman–Crippen MR) is 85.9 cm³/mol. The lowest BCUT2D eigenvalue weighted by Crippen LogP contribution is -2.30. The Kier molecular flexibility index (Phi) is 5.58. The van der Waals surface area contributed by atoms with E-state index in [1.807, 2.05) is 6.07 Å². The molecule has 3 N–H and O–H groups in total. The van der Waals surface area contributed by atoms with Crippen molar-refractivity contribution in [3.8, 4) is 5.75 Å². The molecule has 0 aliphatic heterocycles. The van der Waals surface area contributed by atoms with Gasteiger partial charge in [0.2, 0.25) is 0 Å². The summed E-state index contributed by atoms with van der Waals surface area (Å²) >= 11 is 9.15. The maximum absolute atomic E-state index is 13.3. The monoisotopic (exact) mass is 372 g/mol. The van der Waals surface area contributed by atoms with Gasteiger partial charge in [0.25, 0.3) is 0 Å². The summed E-state index contributed by atoms with van der Waals surface area (Å²) in [5.74, 6) is 6.03. The van der Waals surface area contributed by atoms with Crippen LogP contribution >= 0.6 is 27.5 Å². The Bertz CT molecular complexity index is 639. The molecule has 0 amide bonds. The number of nitrogens with one attached hydrogen (secondary N) is 1. The average Bonchev–Trinajstić information content (AvgIpc) is 2.48. The van der Waals surface area contributed by atoms with E-state index in [1.54, 1.807) is 31.4 Å². The molecule has 1 unspecified atom stereocenters. The highest BCUT2D eigenvalue weighted by molar-refractivity contribution is 9.10. The van der Waals surface area contributed by atoms with Crippen LogP contribution in [-0.4, -0.2) is 7.11 Å². The van der Waals surface area contributed by atoms with Crippen LogP contribution in [0, 0.1) is 5.82 Å². The van der Waals surface area contributed by atoms with E-state index < -0.39 is 0 Å². The number of nitrogens with two attached hydrogens (primary N) is 1. The van der Waals surface area contributed by atoms with Gasteiger partial charge in [-0.25, -0.2) is 4.39 Å². The number of rotatable bonds is 5. The van der Waals surface area contributed by atoms with E-state index in [9.17, 15) is 4.39 Å². The molecule has 2 rings (SSSR count). The number of methoxy groups -OCH3 is 1. The normalized spacial score (nSPS) is 12.2. The molecule has 0 bridgehead atoms. The van der Waals surface area contributed by atoms with Gasteiger partial charge in [0.1, 0.15) is 11.6 Å². The fourth-order valence-corrected chi connectivity index (χ4v) is 2.72. The summed E-state index contributed by atoms with van der Waals surface area (Å²) in [6.07, 6.45) is 0.591. The van der Waals surface area contributed by atoms with E-state index in [1.165, 1.54) is 6.07 Å². The van der Waals surface area contributed by atoms with Crippen LogP contribution in [0.5, 0.6) is 5.75 Å². The molecule has 0 heterocycles. The van der Waals surface area contributed by atoms with Crippen LogP contribution < -0.4 is 16.0 Å². The zero-order chi connectivity index (χ0) is 15.4. The first-order valence-corrected chi connectivity index (χ1v) is 7.45. The summed E-state index contributed by atoms with van der Waals surface area (Å²) < 4.78 is 19.1. The van der Waals surface area contributed by atoms with Crippen molar-refractivity contribution in [2.45, 2.75) is 12.5 Å². The third-order valence-corrected chi connectivity index (χ3v) is 4.04. The van der Waals surface area contributed by atoms with E-state index >= 15 is 0 Å². The van der Waals surface area contributed by atoms with Crippen molar-refractivity contribution in [1.82, 2.24) is 5.43 Å². The second-order valence-electron chi connectivity index (χ2n) is 4.56. The molecule has 3 nitrogen and oxygen atoms in total. The van der Waals surface area contributed by atoms with Crippen molar-refractivity contribution in [2.24, 2.45) is 5.84 Å². The maximum Gasteiger partial charge on any atom is 0.137 e. The number of hydrazine groups is 1. The van der Waals surface area contributed by atoms with E-state index in [0.717, 1.165) is 11.1 Å². The first-order valence-electron chi connectivity index (χ1n) is 6.28. The predicted octanol–water partition coefficient (Wildman–Crippen LogP) is 4.00. The van der Waals surface area contributed by atoms with Crippen molar-refractivity contribution in [1.29, 1.82) is 0 Å². The highest BCUT2D eigenvalue weighted by Gasteiger charge is 2.16. The van der Waals surface area contributed by atoms with Crippen LogP contribution in [-0.2, 0) is 6.42 Å². The van der Waals surface area contributed by atoms with E-state index in [0.29, 0.717) is 21.7 Å². The highest BCUT2D eigenvalue weighted by Crippen LogP contribution is 2.30. The number of halogens is 3. The highest BCUT2D eigenvalue weighted by atomic mass is 79.9. The largest absolute Gasteiger partial charge is 0.496 e. The van der Waals surface area contributed by atoms with Gasteiger partial charge >= 0.3 is 0 Å². The van der Waals surface area contributed by atoms with Gasteiger partial charge < -0.3 is 4.74 Å². The minimum Gasteiger partial charge on any atom is -0.496 e. The fourth-order valence-electron chi connectivity index (χ4n) is 2.13. The Morgan fingerprint density at radius 2 is 2.10 bits per heavy atom. The molecule has 6 heteroatoms. The molecule has 1 atom stereocenters. The van der Waals surface area contributed by atoms with Crippen LogP contribution in [0.3, 0.4) is 0 Å². The molecule has 2 aromatic carbocycles. The zero-order valence-corrected chi connectivity index (χ0v) is 13.7. The van der Waals surface area contributed by atoms with Gasteiger partial charge in [-0.15, -0.1) is 0 Å². The number of hydrogen-bond donors (Lipinski definition) is 2. The first-order chi connectivity index (χ1) is 10.0. The zero-order valence-electron chi connectivity index (χ0n) is 11.4. The lowest BCUT2D eigenvalue weighted by molar-refractivity contribution is 0.399. The van der Waals surface area contributed by atoms with Gasteiger partial charge in [0, 0.05) is 10.6 Å². The van der Waals surface area contributed by atoms with Crippen LogP contribution in [0.1, 0.15) is 17.2 Å². The molecular weight excluding hydrogens is 359 g/mol. The average molecular weight is 374 g/mol. The number of hydrogen-bond acceptors (Lipinski definition) is 3. The summed E-state index contributed by atoms with van der Waals surface area (Å²) in [6, 6.07) is 10.1. The Morgan fingerprint density at radius 3 is 2.71 bits per heavy atom. The molecule has 0 spiro atoms. The number of ether oxygens (including phenoxy) is 1. The number of benzene rings is 2. The van der Waals surface area contributed by atoms with Crippen molar-refractivity contribution in [3.05, 3.63) is 62.8 Å². The van der Waals surface area contributed by atoms with Gasteiger partial charge in [-0.1, -0.05) is 23.7 Å². The van der Waals surface area contributed by atoms with E-state index in [-0.39, 0.29) is 11.9 Å². The second-order valence-corrected chi connectivity index (χ2v) is 5.85. The summed E-state index contributed by atoms with van der Waals surface area (Å²) in [5, 5.41) is 0.593. The molecule has 0 aliphatic carbocycles. The topological polar surface area (TPSA) is 47.3 Å². The van der Waals surface area contributed by atoms with Crippen molar-refractivity contribution in [3.63, 3.8) is 0 Å². The Hall–Kier alpha value is -1.14. The molecule has 0 fully saturated rings. The van der Waals surface area contributed by atoms with Crippen LogP contribution in [0.25, 0.3) is 0 Å². The first kappa shape index (κ1) is 16.2. The van der Waals surface area contributed by atoms with Crippen LogP contribution in [0.15, 0.2) is 40.9 Å². The molecule has 0 aliphatic rings. The summed E-state index contributed by atoms with van der Waals surface area (Å²) in [4.78, 5) is 0. The third-order valence-electron chi connectivity index (χ3n) is 3.20. The van der Waals surface area contributed by atoms with Crippen LogP contribution in [0.4, 0.5) is 4.39 Å². The molecule has 2 aromatic rings. The quantitative estimate of drug-likeness (QED) is 0.615. The van der Waals surface area contributed by atoms with Gasteiger partial charge in [0.05, 0.1) is 17.6 Å². The maximum atomic E-state index is 13.3. The van der Waals surface area contributed by atoms with E-state index in [2.05, 4.69) is 21.4 Å². The molecule has 0 saturated carbocycles. The van der Waals surface area contributed by atoms with Crippen molar-refractivity contribution in [2.75, 3.05) is 7.11 Å². The third kappa shape index (κ3) is 3.95. The van der Waals surface area contributed by atoms with Crippen molar-refractivity contribution < 1.29 is 9.13 Å². The second kappa shape index (κ2) is 7.22. The van der Waals surface area contributed by atoms with Gasteiger partial charge in [-0.05, 0) is 52.2 Å². The molecule has 0 radical (unpaired) electrons. The summed E-state index contributed by atoms with van der Waals surface area (Å²) in [6.45, 7) is 0. The lowest BCUT2D eigenvalue weighted by atomic mass is 9.98. The SMILES string of the molecule is COc1cc(Cl)ccc1C(Cc1ccc(F)c(Br)c1)NN. The smallest absolute Gasteiger partial charge is 0.137 e. The standard InChI is InChI=1S/C15H15BrClFN2O/c1-21-15-8-10(17)3-4-11(15)14(20-19)7-9-2-5-13(18)12(16)6-9/h2-6,8,14,20H,7,19H2,1H3. The van der Waals surface area contributed by atoms with Gasteiger partial charge in [-0.3, -0.25) is 11.3 Å². The Labute approximate surface area is 136 Å². The Balaban J connectivity index is 2.29. The lowest BCUT2D eigenvalue weighted by Gasteiger charge is -2.19. The fraction of sp³-hybridized carbons (Fsp3) is 0.200. The van der Waals surface area contributed by atoms with E-state index in [4.69, 9.17) is 22.2 Å². The minimum atomic E-state index is -0.292. The molecule has 0 saturated heterocycles. The van der Waals surface area contributed by atoms with Gasteiger partial charge in [-0.2, -0.15) is 0 Å². The van der Waals surface area contributed by atoms with Gasteiger partial charge in [0.15, 0.2) is 0 Å².